The maximum Gasteiger partial charge on any atom is 0.323 e. The van der Waals surface area contributed by atoms with E-state index >= 15 is 0 Å². The minimum Gasteiger partial charge on any atom is -0.462 e. The summed E-state index contributed by atoms with van der Waals surface area (Å²) in [6.45, 7) is 5.24. The third-order valence-corrected chi connectivity index (χ3v) is 8.30. The number of aliphatic hydroxyl groups excluding tert-OH is 2. The van der Waals surface area contributed by atoms with Gasteiger partial charge >= 0.3 is 12.6 Å². The van der Waals surface area contributed by atoms with Crippen LogP contribution >= 0.6 is 6.64 Å². The Bertz CT molecular complexity index is 1080. The molecule has 0 spiro atoms. The summed E-state index contributed by atoms with van der Waals surface area (Å²) in [5.74, 6) is -0.621. The minimum absolute atomic E-state index is 0.0524. The predicted octanol–water partition coefficient (Wildman–Crippen LogP) is 0.851. The fourth-order valence-corrected chi connectivity index (χ4v) is 6.33. The molecule has 0 radical (unpaired) electrons. The molecule has 1 amide bonds. The van der Waals surface area contributed by atoms with Crippen molar-refractivity contribution in [2.75, 3.05) is 6.61 Å². The van der Waals surface area contributed by atoms with Crippen LogP contribution < -0.4 is 14.9 Å². The molecule has 0 saturated carbocycles. The van der Waals surface area contributed by atoms with Gasteiger partial charge in [0.25, 0.3) is 0 Å². The van der Waals surface area contributed by atoms with Crippen LogP contribution in [0.2, 0.25) is 0 Å². The van der Waals surface area contributed by atoms with Gasteiger partial charge in [-0.3, -0.25) is 9.59 Å². The Hall–Kier alpha value is -2.35. The molecular weight excluding hydrogens is 537 g/mol. The Kier molecular flexibility index (Phi) is 10.1. The van der Waals surface area contributed by atoms with E-state index in [1.165, 1.54) is 6.20 Å². The van der Waals surface area contributed by atoms with Gasteiger partial charge in [-0.2, -0.15) is 0 Å². The SMILES string of the molecule is C=C[C@@]1(O)[C@H](O)[C@@H](CCOP(=S)(N[C@@H](C)C(=O)OC(C)C)Oc2ccccc2)O[C@H]1N1C=CC(=O)NC1O. The lowest BCUT2D eigenvalue weighted by Crippen LogP contribution is -2.59. The standard InChI is InChI=1S/C24H34N3O9PS/c1-5-24(32)20(29)18(35-22(24)27-13-11-19(28)25-23(27)31)12-14-33-37(38,36-17-9-7-6-8-10-17)26-16(4)21(30)34-15(2)3/h5-11,13,15-16,18,20,22-23,29,31-32H,1,12,14H2,2-4H3,(H,25,28)(H,26,38)/t16-,18+,20+,22+,23?,24+,37?/m0/s1. The van der Waals surface area contributed by atoms with Crippen molar-refractivity contribution in [1.82, 2.24) is 15.3 Å². The van der Waals surface area contributed by atoms with Gasteiger partial charge in [0.05, 0.1) is 18.8 Å². The Morgan fingerprint density at radius 1 is 1.34 bits per heavy atom. The summed E-state index contributed by atoms with van der Waals surface area (Å²) in [4.78, 5) is 25.0. The average Bonchev–Trinajstić information content (AvgIpc) is 3.09. The van der Waals surface area contributed by atoms with Crippen molar-refractivity contribution in [2.24, 2.45) is 0 Å². The van der Waals surface area contributed by atoms with Crippen molar-refractivity contribution in [3.05, 3.63) is 55.3 Å². The predicted molar refractivity (Wildman–Crippen MR) is 141 cm³/mol. The molecule has 7 atom stereocenters. The number of benzene rings is 1. The zero-order chi connectivity index (χ0) is 28.1. The Balaban J connectivity index is 1.71. The summed E-state index contributed by atoms with van der Waals surface area (Å²) < 4.78 is 23.0. The van der Waals surface area contributed by atoms with E-state index < -0.39 is 54.9 Å². The Morgan fingerprint density at radius 2 is 2.03 bits per heavy atom. The number of rotatable bonds is 12. The summed E-state index contributed by atoms with van der Waals surface area (Å²) in [5, 5.41) is 37.4. The molecule has 12 nitrogen and oxygen atoms in total. The maximum atomic E-state index is 12.4. The molecule has 1 aromatic rings. The lowest BCUT2D eigenvalue weighted by Gasteiger charge is -2.39. The van der Waals surface area contributed by atoms with Gasteiger partial charge < -0.3 is 44.1 Å². The molecule has 210 valence electrons. The number of aliphatic hydroxyl groups is 3. The van der Waals surface area contributed by atoms with Crippen molar-refractivity contribution >= 4 is 30.3 Å². The zero-order valence-electron chi connectivity index (χ0n) is 21.3. The lowest BCUT2D eigenvalue weighted by atomic mass is 9.92. The summed E-state index contributed by atoms with van der Waals surface area (Å²) in [6.07, 6.45) is -1.92. The number of nitrogens with one attached hydrogen (secondary N) is 2. The van der Waals surface area contributed by atoms with E-state index in [0.29, 0.717) is 5.75 Å². The van der Waals surface area contributed by atoms with Crippen LogP contribution in [0.1, 0.15) is 27.2 Å². The second-order valence-electron chi connectivity index (χ2n) is 9.07. The smallest absolute Gasteiger partial charge is 0.323 e. The van der Waals surface area contributed by atoms with Crippen LogP contribution in [-0.4, -0.2) is 81.2 Å². The van der Waals surface area contributed by atoms with Gasteiger partial charge in [0, 0.05) is 18.7 Å². The molecule has 0 bridgehead atoms. The summed E-state index contributed by atoms with van der Waals surface area (Å²) in [5.41, 5.74) is -1.98. The third-order valence-electron chi connectivity index (χ3n) is 5.76. The largest absolute Gasteiger partial charge is 0.462 e. The molecule has 2 aliphatic heterocycles. The van der Waals surface area contributed by atoms with Gasteiger partial charge in [0.2, 0.25) is 12.3 Å². The molecule has 38 heavy (non-hydrogen) atoms. The van der Waals surface area contributed by atoms with Gasteiger partial charge in [-0.25, -0.2) is 5.09 Å². The van der Waals surface area contributed by atoms with E-state index in [9.17, 15) is 24.9 Å². The zero-order valence-corrected chi connectivity index (χ0v) is 23.0. The highest BCUT2D eigenvalue weighted by Crippen LogP contribution is 2.46. The molecule has 0 aromatic heterocycles. The second-order valence-corrected chi connectivity index (χ2v) is 12.2. The Labute approximate surface area is 226 Å². The summed E-state index contributed by atoms with van der Waals surface area (Å²) >= 11 is 5.67. The number of hydrogen-bond acceptors (Lipinski definition) is 11. The van der Waals surface area contributed by atoms with E-state index in [4.69, 9.17) is 30.3 Å². The van der Waals surface area contributed by atoms with Gasteiger partial charge in [-0.15, -0.1) is 0 Å². The highest BCUT2D eigenvalue weighted by atomic mass is 32.5. The molecule has 5 N–H and O–H groups in total. The first kappa shape index (κ1) is 30.2. The summed E-state index contributed by atoms with van der Waals surface area (Å²) in [7, 11) is 0. The molecular formula is C24H34N3O9PS. The minimum atomic E-state index is -3.32. The molecule has 1 fully saturated rings. The third kappa shape index (κ3) is 7.19. The van der Waals surface area contributed by atoms with Crippen LogP contribution in [0.4, 0.5) is 0 Å². The van der Waals surface area contributed by atoms with Crippen LogP contribution in [0.15, 0.2) is 55.3 Å². The van der Waals surface area contributed by atoms with Gasteiger partial charge in [0.15, 0.2) is 11.8 Å². The highest BCUT2D eigenvalue weighted by molar-refractivity contribution is 8.09. The van der Waals surface area contributed by atoms with Crippen molar-refractivity contribution in [3.8, 4) is 5.75 Å². The van der Waals surface area contributed by atoms with Gasteiger partial charge in [-0.05, 0) is 44.7 Å². The van der Waals surface area contributed by atoms with E-state index in [-0.39, 0.29) is 19.1 Å². The van der Waals surface area contributed by atoms with Gasteiger partial charge in [0.1, 0.15) is 17.9 Å². The first-order valence-electron chi connectivity index (χ1n) is 12.0. The van der Waals surface area contributed by atoms with Gasteiger partial charge in [-0.1, -0.05) is 30.9 Å². The van der Waals surface area contributed by atoms with E-state index in [0.717, 1.165) is 17.1 Å². The lowest BCUT2D eigenvalue weighted by molar-refractivity contribution is -0.165. The van der Waals surface area contributed by atoms with E-state index in [2.05, 4.69) is 17.0 Å². The number of amides is 1. The monoisotopic (exact) mass is 571 g/mol. The van der Waals surface area contributed by atoms with Crippen molar-refractivity contribution < 1.29 is 43.4 Å². The highest BCUT2D eigenvalue weighted by Gasteiger charge is 2.56. The number of para-hydroxylation sites is 1. The second kappa shape index (κ2) is 12.7. The molecule has 2 aliphatic rings. The molecule has 3 rings (SSSR count). The molecule has 14 heteroatoms. The fourth-order valence-electron chi connectivity index (χ4n) is 3.86. The van der Waals surface area contributed by atoms with E-state index in [1.807, 2.05) is 6.07 Å². The van der Waals surface area contributed by atoms with Crippen LogP contribution in [0.5, 0.6) is 5.75 Å². The molecule has 1 saturated heterocycles. The number of carbonyl (C=O) groups excluding carboxylic acids is 2. The summed E-state index contributed by atoms with van der Waals surface area (Å²) in [6, 6.07) is 7.88. The van der Waals surface area contributed by atoms with Crippen LogP contribution in [-0.2, 0) is 35.4 Å². The fraction of sp³-hybridized carbons (Fsp3) is 0.500. The van der Waals surface area contributed by atoms with Crippen LogP contribution in [0, 0.1) is 0 Å². The average molecular weight is 572 g/mol. The molecule has 0 aliphatic carbocycles. The first-order chi connectivity index (χ1) is 17.9. The van der Waals surface area contributed by atoms with Crippen molar-refractivity contribution in [1.29, 1.82) is 0 Å². The van der Waals surface area contributed by atoms with E-state index in [1.54, 1.807) is 45.0 Å². The van der Waals surface area contributed by atoms with Crippen molar-refractivity contribution in [2.45, 2.75) is 69.7 Å². The quantitative estimate of drug-likeness (QED) is 0.137. The number of hydrogen-bond donors (Lipinski definition) is 5. The van der Waals surface area contributed by atoms with Crippen LogP contribution in [0.25, 0.3) is 0 Å². The number of carbonyl (C=O) groups is 2. The van der Waals surface area contributed by atoms with Crippen LogP contribution in [0.3, 0.4) is 0 Å². The molecule has 1 aromatic carbocycles. The topological polar surface area (TPSA) is 159 Å². The number of nitrogens with zero attached hydrogens (tertiary/aromatic N) is 1. The Morgan fingerprint density at radius 3 is 2.63 bits per heavy atom. The maximum absolute atomic E-state index is 12.4. The normalized spacial score (nSPS) is 29.4. The molecule has 2 heterocycles. The van der Waals surface area contributed by atoms with Crippen molar-refractivity contribution in [3.63, 3.8) is 0 Å². The number of esters is 1. The molecule has 2 unspecified atom stereocenters. The first-order valence-corrected chi connectivity index (χ1v) is 14.6. The number of ether oxygens (including phenoxy) is 2.